The van der Waals surface area contributed by atoms with Crippen LogP contribution in [0.4, 0.5) is 0 Å². The molecule has 2 unspecified atom stereocenters. The second kappa shape index (κ2) is 5.23. The Kier molecular flexibility index (Phi) is 3.91. The first kappa shape index (κ1) is 12.0. The molecule has 5 heteroatoms. The Bertz CT molecular complexity index is 318. The van der Waals surface area contributed by atoms with Crippen molar-refractivity contribution in [3.63, 3.8) is 0 Å². The molecule has 90 valence electrons. The van der Waals surface area contributed by atoms with Crippen molar-refractivity contribution >= 4 is 11.3 Å². The Morgan fingerprint density at radius 2 is 2.62 bits per heavy atom. The summed E-state index contributed by atoms with van der Waals surface area (Å²) in [5.74, 6) is 0. The van der Waals surface area contributed by atoms with Gasteiger partial charge < -0.3 is 14.8 Å². The van der Waals surface area contributed by atoms with Gasteiger partial charge in [-0.25, -0.2) is 4.98 Å². The summed E-state index contributed by atoms with van der Waals surface area (Å²) in [5, 5.41) is 6.68. The Morgan fingerprint density at radius 3 is 3.19 bits per heavy atom. The number of hydrogen-bond donors (Lipinski definition) is 1. The van der Waals surface area contributed by atoms with Crippen LogP contribution in [-0.2, 0) is 15.0 Å². The first-order valence-electron chi connectivity index (χ1n) is 5.55. The molecule has 0 aliphatic carbocycles. The molecule has 0 saturated carbocycles. The number of hydrogen-bond acceptors (Lipinski definition) is 5. The predicted molar refractivity (Wildman–Crippen MR) is 63.7 cm³/mol. The molecule has 0 amide bonds. The summed E-state index contributed by atoms with van der Waals surface area (Å²) in [6, 6.07) is 0. The van der Waals surface area contributed by atoms with Gasteiger partial charge in [-0.2, -0.15) is 0 Å². The van der Waals surface area contributed by atoms with Gasteiger partial charge in [-0.3, -0.25) is 0 Å². The SMILES string of the molecule is COCCNC1(c2nccs2)CCOC1C. The molecule has 0 spiro atoms. The summed E-state index contributed by atoms with van der Waals surface area (Å²) >= 11 is 1.69. The third-order valence-corrected chi connectivity index (χ3v) is 4.07. The molecular formula is C11H18N2O2S. The largest absolute Gasteiger partial charge is 0.383 e. The van der Waals surface area contributed by atoms with Gasteiger partial charge in [0.15, 0.2) is 0 Å². The minimum absolute atomic E-state index is 0.118. The van der Waals surface area contributed by atoms with E-state index in [1.54, 1.807) is 18.4 Å². The van der Waals surface area contributed by atoms with Crippen molar-refractivity contribution in [3.05, 3.63) is 16.6 Å². The van der Waals surface area contributed by atoms with Crippen LogP contribution >= 0.6 is 11.3 Å². The molecule has 0 bridgehead atoms. The molecule has 1 N–H and O–H groups in total. The average molecular weight is 242 g/mol. The number of methoxy groups -OCH3 is 1. The van der Waals surface area contributed by atoms with E-state index in [1.165, 1.54) is 0 Å². The number of rotatable bonds is 5. The van der Waals surface area contributed by atoms with Gasteiger partial charge in [0.05, 0.1) is 18.2 Å². The molecule has 1 fully saturated rings. The number of nitrogens with zero attached hydrogens (tertiary/aromatic N) is 1. The molecule has 0 radical (unpaired) electrons. The maximum Gasteiger partial charge on any atom is 0.115 e. The Hall–Kier alpha value is -0.490. The molecule has 1 aliphatic rings. The van der Waals surface area contributed by atoms with Crippen LogP contribution in [0.2, 0.25) is 0 Å². The lowest BCUT2D eigenvalue weighted by molar-refractivity contribution is 0.0776. The van der Waals surface area contributed by atoms with Gasteiger partial charge in [-0.05, 0) is 13.3 Å². The Balaban J connectivity index is 2.13. The van der Waals surface area contributed by atoms with E-state index in [2.05, 4.69) is 17.2 Å². The molecule has 2 rings (SSSR count). The maximum atomic E-state index is 5.69. The van der Waals surface area contributed by atoms with Crippen molar-refractivity contribution < 1.29 is 9.47 Å². The van der Waals surface area contributed by atoms with Gasteiger partial charge in [0.1, 0.15) is 5.01 Å². The molecule has 1 aromatic heterocycles. The predicted octanol–water partition coefficient (Wildman–Crippen LogP) is 1.38. The number of ether oxygens (including phenoxy) is 2. The highest BCUT2D eigenvalue weighted by Gasteiger charge is 2.44. The standard InChI is InChI=1S/C11H18N2O2S/c1-9-11(3-6-15-9,13-4-7-14-2)10-12-5-8-16-10/h5,8-9,13H,3-4,6-7H2,1-2H3. The van der Waals surface area contributed by atoms with Crippen molar-refractivity contribution in [1.29, 1.82) is 0 Å². The third-order valence-electron chi connectivity index (χ3n) is 3.12. The van der Waals surface area contributed by atoms with E-state index < -0.39 is 0 Å². The summed E-state index contributed by atoms with van der Waals surface area (Å²) in [5.41, 5.74) is -0.118. The second-order valence-corrected chi connectivity index (χ2v) is 4.89. The van der Waals surface area contributed by atoms with Crippen molar-refractivity contribution in [2.75, 3.05) is 26.9 Å². The van der Waals surface area contributed by atoms with Crippen LogP contribution in [0.25, 0.3) is 0 Å². The zero-order chi connectivity index (χ0) is 11.4. The average Bonchev–Trinajstić information content (AvgIpc) is 2.89. The fourth-order valence-corrected chi connectivity index (χ4v) is 3.07. The summed E-state index contributed by atoms with van der Waals surface area (Å²) < 4.78 is 10.8. The van der Waals surface area contributed by atoms with Crippen molar-refractivity contribution in [3.8, 4) is 0 Å². The molecule has 0 aromatic carbocycles. The van der Waals surface area contributed by atoms with Crippen LogP contribution < -0.4 is 5.32 Å². The molecular weight excluding hydrogens is 224 g/mol. The molecule has 2 atom stereocenters. The van der Waals surface area contributed by atoms with Crippen LogP contribution in [0.3, 0.4) is 0 Å². The zero-order valence-corrected chi connectivity index (χ0v) is 10.5. The van der Waals surface area contributed by atoms with Gasteiger partial charge in [-0.1, -0.05) is 0 Å². The van der Waals surface area contributed by atoms with E-state index in [9.17, 15) is 0 Å². The highest BCUT2D eigenvalue weighted by atomic mass is 32.1. The van der Waals surface area contributed by atoms with Crippen LogP contribution in [0.15, 0.2) is 11.6 Å². The number of nitrogens with one attached hydrogen (secondary N) is 1. The maximum absolute atomic E-state index is 5.69. The van der Waals surface area contributed by atoms with Crippen LogP contribution in [0.1, 0.15) is 18.4 Å². The number of thiazole rings is 1. The van der Waals surface area contributed by atoms with Crippen molar-refractivity contribution in [2.45, 2.75) is 25.0 Å². The minimum atomic E-state index is -0.118. The van der Waals surface area contributed by atoms with Gasteiger partial charge in [0.2, 0.25) is 0 Å². The lowest BCUT2D eigenvalue weighted by atomic mass is 9.92. The fourth-order valence-electron chi connectivity index (χ4n) is 2.15. The van der Waals surface area contributed by atoms with Crippen LogP contribution in [0, 0.1) is 0 Å². The first-order chi connectivity index (χ1) is 7.79. The molecule has 2 heterocycles. The highest BCUT2D eigenvalue weighted by molar-refractivity contribution is 7.09. The smallest absolute Gasteiger partial charge is 0.115 e. The van der Waals surface area contributed by atoms with Crippen LogP contribution in [-0.4, -0.2) is 38.0 Å². The lowest BCUT2D eigenvalue weighted by Crippen LogP contribution is -2.48. The molecule has 4 nitrogen and oxygen atoms in total. The minimum Gasteiger partial charge on any atom is -0.383 e. The van der Waals surface area contributed by atoms with Gasteiger partial charge in [-0.15, -0.1) is 11.3 Å². The van der Waals surface area contributed by atoms with E-state index in [4.69, 9.17) is 9.47 Å². The second-order valence-electron chi connectivity index (χ2n) is 3.99. The fraction of sp³-hybridized carbons (Fsp3) is 0.727. The molecule has 1 aliphatic heterocycles. The summed E-state index contributed by atoms with van der Waals surface area (Å²) in [4.78, 5) is 4.43. The summed E-state index contributed by atoms with van der Waals surface area (Å²) in [7, 11) is 1.71. The van der Waals surface area contributed by atoms with E-state index >= 15 is 0 Å². The quantitative estimate of drug-likeness (QED) is 0.792. The molecule has 1 aromatic rings. The topological polar surface area (TPSA) is 43.4 Å². The van der Waals surface area contributed by atoms with Gasteiger partial charge >= 0.3 is 0 Å². The monoisotopic (exact) mass is 242 g/mol. The number of aromatic nitrogens is 1. The highest BCUT2D eigenvalue weighted by Crippen LogP contribution is 2.36. The Morgan fingerprint density at radius 1 is 1.75 bits per heavy atom. The van der Waals surface area contributed by atoms with E-state index in [-0.39, 0.29) is 11.6 Å². The van der Waals surface area contributed by atoms with Crippen molar-refractivity contribution in [1.82, 2.24) is 10.3 Å². The first-order valence-corrected chi connectivity index (χ1v) is 6.43. The van der Waals surface area contributed by atoms with Crippen molar-refractivity contribution in [2.24, 2.45) is 0 Å². The van der Waals surface area contributed by atoms with E-state index in [0.717, 1.165) is 24.6 Å². The summed E-state index contributed by atoms with van der Waals surface area (Å²) in [6.07, 6.45) is 2.99. The van der Waals surface area contributed by atoms with Gasteiger partial charge in [0, 0.05) is 31.8 Å². The Labute approximate surface area is 100.0 Å². The van der Waals surface area contributed by atoms with E-state index in [0.29, 0.717) is 6.61 Å². The lowest BCUT2D eigenvalue weighted by Gasteiger charge is -2.31. The van der Waals surface area contributed by atoms with E-state index in [1.807, 2.05) is 11.6 Å². The zero-order valence-electron chi connectivity index (χ0n) is 9.73. The summed E-state index contributed by atoms with van der Waals surface area (Å²) in [6.45, 7) is 4.43. The van der Waals surface area contributed by atoms with Gasteiger partial charge in [0.25, 0.3) is 0 Å². The molecule has 1 saturated heterocycles. The third kappa shape index (κ3) is 2.13. The molecule has 16 heavy (non-hydrogen) atoms. The normalized spacial score (nSPS) is 29.8. The van der Waals surface area contributed by atoms with Crippen LogP contribution in [0.5, 0.6) is 0 Å².